The van der Waals surface area contributed by atoms with E-state index in [9.17, 15) is 14.4 Å². The average Bonchev–Trinajstić information content (AvgIpc) is 2.84. The van der Waals surface area contributed by atoms with E-state index in [4.69, 9.17) is 5.11 Å². The van der Waals surface area contributed by atoms with Gasteiger partial charge in [-0.3, -0.25) is 9.59 Å². The fourth-order valence-electron chi connectivity index (χ4n) is 2.38. The first-order valence-electron chi connectivity index (χ1n) is 6.94. The van der Waals surface area contributed by atoms with Crippen molar-refractivity contribution in [3.05, 3.63) is 0 Å². The highest BCUT2D eigenvalue weighted by Crippen LogP contribution is 2.20. The van der Waals surface area contributed by atoms with Gasteiger partial charge in [-0.25, -0.2) is 4.79 Å². The summed E-state index contributed by atoms with van der Waals surface area (Å²) in [4.78, 5) is 37.6. The second kappa shape index (κ2) is 7.72. The van der Waals surface area contributed by atoms with Crippen LogP contribution in [0.25, 0.3) is 0 Å². The van der Waals surface area contributed by atoms with Gasteiger partial charge in [0.25, 0.3) is 0 Å². The van der Waals surface area contributed by atoms with Crippen LogP contribution >= 0.6 is 0 Å². The number of likely N-dealkylation sites (N-methyl/N-ethyl adjacent to an activating group) is 1. The number of hydrogen-bond donors (Lipinski definition) is 2. The molecule has 0 aromatic carbocycles. The van der Waals surface area contributed by atoms with Crippen molar-refractivity contribution in [1.29, 1.82) is 0 Å². The van der Waals surface area contributed by atoms with Crippen LogP contribution in [0.15, 0.2) is 0 Å². The van der Waals surface area contributed by atoms with Crippen molar-refractivity contribution in [3.8, 4) is 0 Å². The van der Waals surface area contributed by atoms with E-state index in [1.165, 1.54) is 11.9 Å². The van der Waals surface area contributed by atoms with E-state index in [2.05, 4.69) is 5.32 Å². The Morgan fingerprint density at radius 3 is 2.65 bits per heavy atom. The monoisotopic (exact) mass is 285 g/mol. The fraction of sp³-hybridized carbons (Fsp3) is 0.769. The summed E-state index contributed by atoms with van der Waals surface area (Å²) in [5, 5.41) is 11.3. The number of urea groups is 1. The van der Waals surface area contributed by atoms with Crippen LogP contribution in [0.3, 0.4) is 0 Å². The highest BCUT2D eigenvalue weighted by molar-refractivity contribution is 5.84. The number of aliphatic carboxylic acids is 1. The minimum Gasteiger partial charge on any atom is -0.481 e. The molecule has 0 saturated carbocycles. The van der Waals surface area contributed by atoms with Crippen LogP contribution in [0.5, 0.6) is 0 Å². The van der Waals surface area contributed by atoms with Crippen molar-refractivity contribution in [1.82, 2.24) is 15.1 Å². The molecule has 7 heteroatoms. The zero-order chi connectivity index (χ0) is 15.1. The van der Waals surface area contributed by atoms with Gasteiger partial charge in [-0.2, -0.15) is 0 Å². The second-order valence-corrected chi connectivity index (χ2v) is 5.08. The molecule has 1 atom stereocenters. The first-order chi connectivity index (χ1) is 9.47. The molecule has 1 unspecified atom stereocenters. The minimum atomic E-state index is -0.833. The number of carboxylic acids is 1. The van der Waals surface area contributed by atoms with E-state index in [0.29, 0.717) is 26.1 Å². The fourth-order valence-corrected chi connectivity index (χ4v) is 2.38. The quantitative estimate of drug-likeness (QED) is 0.737. The van der Waals surface area contributed by atoms with Crippen molar-refractivity contribution in [2.45, 2.75) is 26.2 Å². The lowest BCUT2D eigenvalue weighted by atomic mass is 10.1. The second-order valence-electron chi connectivity index (χ2n) is 5.08. The maximum atomic E-state index is 12.3. The van der Waals surface area contributed by atoms with E-state index in [-0.39, 0.29) is 30.8 Å². The van der Waals surface area contributed by atoms with Crippen LogP contribution in [0.1, 0.15) is 26.2 Å². The van der Waals surface area contributed by atoms with Gasteiger partial charge in [0.2, 0.25) is 5.91 Å². The van der Waals surface area contributed by atoms with Gasteiger partial charge < -0.3 is 20.2 Å². The Morgan fingerprint density at radius 2 is 2.10 bits per heavy atom. The summed E-state index contributed by atoms with van der Waals surface area (Å²) >= 11 is 0. The number of hydrogen-bond acceptors (Lipinski definition) is 3. The van der Waals surface area contributed by atoms with E-state index in [1.807, 2.05) is 6.92 Å². The van der Waals surface area contributed by atoms with Crippen molar-refractivity contribution in [2.75, 3.05) is 33.2 Å². The number of nitrogens with one attached hydrogen (secondary N) is 1. The summed E-state index contributed by atoms with van der Waals surface area (Å²) in [5.41, 5.74) is 0. The molecule has 0 bridgehead atoms. The van der Waals surface area contributed by atoms with Crippen molar-refractivity contribution < 1.29 is 19.5 Å². The van der Waals surface area contributed by atoms with Crippen LogP contribution in [0, 0.1) is 5.92 Å². The summed E-state index contributed by atoms with van der Waals surface area (Å²) in [7, 11) is 1.54. The zero-order valence-corrected chi connectivity index (χ0v) is 12.1. The Bertz CT molecular complexity index is 373. The number of rotatable bonds is 6. The molecule has 0 aliphatic carbocycles. The molecule has 2 N–H and O–H groups in total. The molecule has 7 nitrogen and oxygen atoms in total. The number of amides is 3. The van der Waals surface area contributed by atoms with Crippen LogP contribution in [0.2, 0.25) is 0 Å². The maximum absolute atomic E-state index is 12.3. The van der Waals surface area contributed by atoms with Gasteiger partial charge in [-0.1, -0.05) is 6.92 Å². The summed E-state index contributed by atoms with van der Waals surface area (Å²) in [6.45, 7) is 3.53. The van der Waals surface area contributed by atoms with Crippen LogP contribution < -0.4 is 5.32 Å². The van der Waals surface area contributed by atoms with Crippen molar-refractivity contribution in [2.24, 2.45) is 5.92 Å². The molecule has 3 amide bonds. The minimum absolute atomic E-state index is 0.0138. The molecule has 1 aliphatic heterocycles. The first-order valence-corrected chi connectivity index (χ1v) is 6.94. The third kappa shape index (κ3) is 4.71. The van der Waals surface area contributed by atoms with Gasteiger partial charge in [0.1, 0.15) is 6.54 Å². The summed E-state index contributed by atoms with van der Waals surface area (Å²) in [6, 6.07) is -0.177. The predicted molar refractivity (Wildman–Crippen MR) is 73.3 cm³/mol. The Labute approximate surface area is 118 Å². The van der Waals surface area contributed by atoms with Gasteiger partial charge in [0.15, 0.2) is 0 Å². The van der Waals surface area contributed by atoms with Gasteiger partial charge in [-0.15, -0.1) is 0 Å². The van der Waals surface area contributed by atoms with E-state index in [1.54, 1.807) is 4.90 Å². The Kier molecular flexibility index (Phi) is 6.27. The smallest absolute Gasteiger partial charge is 0.320 e. The van der Waals surface area contributed by atoms with Gasteiger partial charge in [0, 0.05) is 33.1 Å². The third-order valence-electron chi connectivity index (χ3n) is 3.40. The Morgan fingerprint density at radius 1 is 1.40 bits per heavy atom. The number of carbonyl (C=O) groups is 3. The van der Waals surface area contributed by atoms with Gasteiger partial charge in [0.05, 0.1) is 0 Å². The largest absolute Gasteiger partial charge is 0.481 e. The molecule has 1 saturated heterocycles. The molecule has 0 aromatic rings. The standard InChI is InChI=1S/C13H23N3O4/c1-3-5-15(9-11(17)14-2)13(20)16-6-4-10(8-16)7-12(18)19/h10H,3-9H2,1-2H3,(H,14,17)(H,18,19). The van der Waals surface area contributed by atoms with Crippen molar-refractivity contribution >= 4 is 17.9 Å². The van der Waals surface area contributed by atoms with Crippen molar-refractivity contribution in [3.63, 3.8) is 0 Å². The molecule has 1 aliphatic rings. The van der Waals surface area contributed by atoms with Gasteiger partial charge >= 0.3 is 12.0 Å². The molecule has 1 fully saturated rings. The normalized spacial score (nSPS) is 17.9. The Balaban J connectivity index is 2.57. The molecule has 1 rings (SSSR count). The molecule has 1 heterocycles. The van der Waals surface area contributed by atoms with E-state index in [0.717, 1.165) is 6.42 Å². The first kappa shape index (κ1) is 16.3. The van der Waals surface area contributed by atoms with E-state index < -0.39 is 5.97 Å². The molecule has 114 valence electrons. The molecule has 0 aromatic heterocycles. The number of carbonyl (C=O) groups excluding carboxylic acids is 2. The highest BCUT2D eigenvalue weighted by Gasteiger charge is 2.30. The lowest BCUT2D eigenvalue weighted by Crippen LogP contribution is -2.46. The summed E-state index contributed by atoms with van der Waals surface area (Å²) < 4.78 is 0. The summed E-state index contributed by atoms with van der Waals surface area (Å²) in [6.07, 6.45) is 1.57. The van der Waals surface area contributed by atoms with E-state index >= 15 is 0 Å². The van der Waals surface area contributed by atoms with Crippen LogP contribution in [-0.2, 0) is 9.59 Å². The lowest BCUT2D eigenvalue weighted by molar-refractivity contribution is -0.138. The molecular formula is C13H23N3O4. The SMILES string of the molecule is CCCN(CC(=O)NC)C(=O)N1CCC(CC(=O)O)C1. The summed E-state index contributed by atoms with van der Waals surface area (Å²) in [5.74, 6) is -1.02. The highest BCUT2D eigenvalue weighted by atomic mass is 16.4. The van der Waals surface area contributed by atoms with Crippen LogP contribution in [-0.4, -0.2) is 66.0 Å². The maximum Gasteiger partial charge on any atom is 0.320 e. The lowest BCUT2D eigenvalue weighted by Gasteiger charge is -2.27. The molecular weight excluding hydrogens is 262 g/mol. The topological polar surface area (TPSA) is 90.0 Å². The predicted octanol–water partition coefficient (Wildman–Crippen LogP) is 0.361. The van der Waals surface area contributed by atoms with Gasteiger partial charge in [-0.05, 0) is 18.8 Å². The number of nitrogens with zero attached hydrogens (tertiary/aromatic N) is 2. The zero-order valence-electron chi connectivity index (χ0n) is 12.1. The molecule has 0 spiro atoms. The number of likely N-dealkylation sites (tertiary alicyclic amines) is 1. The molecule has 0 radical (unpaired) electrons. The molecule has 20 heavy (non-hydrogen) atoms. The van der Waals surface area contributed by atoms with Crippen LogP contribution in [0.4, 0.5) is 4.79 Å². The third-order valence-corrected chi connectivity index (χ3v) is 3.40. The average molecular weight is 285 g/mol. The Hall–Kier alpha value is -1.79. The number of carboxylic acid groups (broad SMARTS) is 1.